The molecule has 6 heteroatoms. The third-order valence-corrected chi connectivity index (χ3v) is 5.27. The smallest absolute Gasteiger partial charge is 0.238 e. The Morgan fingerprint density at radius 3 is 2.43 bits per heavy atom. The first-order chi connectivity index (χ1) is 14.6. The van der Waals surface area contributed by atoms with Crippen molar-refractivity contribution in [1.29, 1.82) is 0 Å². The van der Waals surface area contributed by atoms with Gasteiger partial charge in [-0.3, -0.25) is 14.5 Å². The second kappa shape index (κ2) is 11.4. The number of ether oxygens (including phenoxy) is 1. The zero-order chi connectivity index (χ0) is 21.2. The first-order valence-electron chi connectivity index (χ1n) is 10.7. The lowest BCUT2D eigenvalue weighted by molar-refractivity contribution is -0.122. The maximum Gasteiger partial charge on any atom is 0.238 e. The van der Waals surface area contributed by atoms with E-state index in [0.717, 1.165) is 42.9 Å². The molecule has 1 aliphatic rings. The first-order valence-corrected chi connectivity index (χ1v) is 10.7. The van der Waals surface area contributed by atoms with Crippen molar-refractivity contribution in [2.75, 3.05) is 31.6 Å². The highest BCUT2D eigenvalue weighted by Crippen LogP contribution is 2.19. The van der Waals surface area contributed by atoms with Gasteiger partial charge < -0.3 is 15.4 Å². The molecular weight excluding hydrogens is 378 g/mol. The van der Waals surface area contributed by atoms with Crippen LogP contribution in [-0.2, 0) is 16.0 Å². The van der Waals surface area contributed by atoms with E-state index in [0.29, 0.717) is 26.0 Å². The van der Waals surface area contributed by atoms with E-state index in [9.17, 15) is 9.59 Å². The zero-order valence-corrected chi connectivity index (χ0v) is 17.6. The summed E-state index contributed by atoms with van der Waals surface area (Å²) >= 11 is 0. The summed E-state index contributed by atoms with van der Waals surface area (Å²) in [4.78, 5) is 26.7. The van der Waals surface area contributed by atoms with Crippen molar-refractivity contribution < 1.29 is 14.3 Å². The second-order valence-electron chi connectivity index (χ2n) is 7.57. The summed E-state index contributed by atoms with van der Waals surface area (Å²) in [5.41, 5.74) is 1.88. The Hall–Kier alpha value is -2.86. The molecule has 0 saturated carbocycles. The van der Waals surface area contributed by atoms with Gasteiger partial charge in [0.15, 0.2) is 0 Å². The Morgan fingerprint density at radius 1 is 1.00 bits per heavy atom. The van der Waals surface area contributed by atoms with E-state index >= 15 is 0 Å². The maximum atomic E-state index is 12.4. The molecule has 2 amide bonds. The lowest BCUT2D eigenvalue weighted by Crippen LogP contribution is -2.46. The molecule has 0 unspecified atom stereocenters. The van der Waals surface area contributed by atoms with E-state index in [-0.39, 0.29) is 17.9 Å². The average molecular weight is 410 g/mol. The van der Waals surface area contributed by atoms with Crippen LogP contribution in [0.15, 0.2) is 54.6 Å². The molecule has 1 fully saturated rings. The molecular formula is C24H31N3O3. The van der Waals surface area contributed by atoms with Crippen molar-refractivity contribution in [3.63, 3.8) is 0 Å². The molecule has 160 valence electrons. The number of carbonyl (C=O) groups excluding carboxylic acids is 2. The fraction of sp³-hybridized carbons (Fsp3) is 0.417. The minimum Gasteiger partial charge on any atom is -0.494 e. The molecule has 0 aromatic heterocycles. The predicted octanol–water partition coefficient (Wildman–Crippen LogP) is 3.24. The minimum absolute atomic E-state index is 0.00310. The van der Waals surface area contributed by atoms with Gasteiger partial charge in [0, 0.05) is 31.2 Å². The van der Waals surface area contributed by atoms with Gasteiger partial charge in [-0.15, -0.1) is 0 Å². The molecule has 0 spiro atoms. The van der Waals surface area contributed by atoms with Gasteiger partial charge >= 0.3 is 0 Å². The number of para-hydroxylation sites is 2. The number of nitrogens with one attached hydrogen (secondary N) is 2. The Morgan fingerprint density at radius 2 is 1.70 bits per heavy atom. The van der Waals surface area contributed by atoms with Gasteiger partial charge in [0.25, 0.3) is 0 Å². The highest BCUT2D eigenvalue weighted by atomic mass is 16.5. The van der Waals surface area contributed by atoms with Crippen LogP contribution in [0.1, 0.15) is 31.7 Å². The number of piperidine rings is 1. The van der Waals surface area contributed by atoms with Gasteiger partial charge in [-0.2, -0.15) is 0 Å². The summed E-state index contributed by atoms with van der Waals surface area (Å²) in [6.07, 6.45) is 2.84. The summed E-state index contributed by atoms with van der Waals surface area (Å²) in [6, 6.07) is 17.5. The van der Waals surface area contributed by atoms with Gasteiger partial charge in [-0.25, -0.2) is 0 Å². The molecule has 2 N–H and O–H groups in total. The van der Waals surface area contributed by atoms with Crippen LogP contribution in [0.4, 0.5) is 5.69 Å². The molecule has 1 aliphatic heterocycles. The van der Waals surface area contributed by atoms with Gasteiger partial charge in [-0.1, -0.05) is 36.4 Å². The Labute approximate surface area is 178 Å². The normalized spacial score (nSPS) is 14.8. The largest absolute Gasteiger partial charge is 0.494 e. The average Bonchev–Trinajstić information content (AvgIpc) is 2.75. The quantitative estimate of drug-likeness (QED) is 0.667. The van der Waals surface area contributed by atoms with Gasteiger partial charge in [0.05, 0.1) is 13.2 Å². The van der Waals surface area contributed by atoms with Gasteiger partial charge in [-0.05, 0) is 49.9 Å². The van der Waals surface area contributed by atoms with Crippen LogP contribution in [-0.4, -0.2) is 49.0 Å². The number of hydrogen-bond acceptors (Lipinski definition) is 4. The van der Waals surface area contributed by atoms with Crippen LogP contribution in [0.5, 0.6) is 5.75 Å². The number of carbonyl (C=O) groups is 2. The molecule has 0 bridgehead atoms. The van der Waals surface area contributed by atoms with Crippen molar-refractivity contribution in [2.24, 2.45) is 0 Å². The molecule has 30 heavy (non-hydrogen) atoms. The highest BCUT2D eigenvalue weighted by Gasteiger charge is 2.22. The van der Waals surface area contributed by atoms with Gasteiger partial charge in [0.2, 0.25) is 11.8 Å². The van der Waals surface area contributed by atoms with E-state index in [4.69, 9.17) is 4.74 Å². The Balaban J connectivity index is 1.36. The lowest BCUT2D eigenvalue weighted by atomic mass is 10.0. The van der Waals surface area contributed by atoms with E-state index < -0.39 is 0 Å². The molecule has 6 nitrogen and oxygen atoms in total. The summed E-state index contributed by atoms with van der Waals surface area (Å²) in [5.74, 6) is 0.924. The SMILES string of the molecule is CCOc1ccccc1CCC(=O)NC1CCN(CC(=O)Nc2ccccc2)CC1. The Bertz CT molecular complexity index is 817. The molecule has 3 rings (SSSR count). The van der Waals surface area contributed by atoms with Crippen LogP contribution in [0.3, 0.4) is 0 Å². The number of amides is 2. The number of benzene rings is 2. The molecule has 2 aromatic rings. The predicted molar refractivity (Wildman–Crippen MR) is 119 cm³/mol. The lowest BCUT2D eigenvalue weighted by Gasteiger charge is -2.31. The number of hydrogen-bond donors (Lipinski definition) is 2. The third kappa shape index (κ3) is 6.88. The fourth-order valence-corrected chi connectivity index (χ4v) is 3.72. The maximum absolute atomic E-state index is 12.4. The van der Waals surface area contributed by atoms with Crippen LogP contribution in [0, 0.1) is 0 Å². The van der Waals surface area contributed by atoms with E-state index in [1.165, 1.54) is 0 Å². The number of anilines is 1. The minimum atomic E-state index is -0.00310. The summed E-state index contributed by atoms with van der Waals surface area (Å²) in [6.45, 7) is 4.57. The standard InChI is InChI=1S/C24H31N3O3/c1-2-30-22-11-7-6-8-19(22)12-13-23(28)25-21-14-16-27(17-15-21)18-24(29)26-20-9-4-3-5-10-20/h3-11,21H,2,12-18H2,1H3,(H,25,28)(H,26,29). The van der Waals surface area contributed by atoms with Crippen molar-refractivity contribution in [2.45, 2.75) is 38.6 Å². The van der Waals surface area contributed by atoms with Crippen LogP contribution >= 0.6 is 0 Å². The van der Waals surface area contributed by atoms with Crippen LogP contribution < -0.4 is 15.4 Å². The third-order valence-electron chi connectivity index (χ3n) is 5.27. The van der Waals surface area contributed by atoms with E-state index in [2.05, 4.69) is 15.5 Å². The van der Waals surface area contributed by atoms with E-state index in [1.54, 1.807) is 0 Å². The molecule has 0 atom stereocenters. The molecule has 2 aromatic carbocycles. The summed E-state index contributed by atoms with van der Waals surface area (Å²) in [7, 11) is 0. The van der Waals surface area contributed by atoms with Crippen molar-refractivity contribution in [3.8, 4) is 5.75 Å². The topological polar surface area (TPSA) is 70.7 Å². The molecule has 0 aliphatic carbocycles. The van der Waals surface area contributed by atoms with Crippen LogP contribution in [0.2, 0.25) is 0 Å². The van der Waals surface area contributed by atoms with Gasteiger partial charge in [0.1, 0.15) is 5.75 Å². The monoisotopic (exact) mass is 409 g/mol. The first kappa shape index (κ1) is 21.8. The van der Waals surface area contributed by atoms with E-state index in [1.807, 2.05) is 61.5 Å². The van der Waals surface area contributed by atoms with Crippen molar-refractivity contribution in [3.05, 3.63) is 60.2 Å². The second-order valence-corrected chi connectivity index (χ2v) is 7.57. The van der Waals surface area contributed by atoms with Crippen molar-refractivity contribution in [1.82, 2.24) is 10.2 Å². The summed E-state index contributed by atoms with van der Waals surface area (Å²) < 4.78 is 5.63. The highest BCUT2D eigenvalue weighted by molar-refractivity contribution is 5.92. The molecule has 1 heterocycles. The Kier molecular flexibility index (Phi) is 8.27. The van der Waals surface area contributed by atoms with Crippen molar-refractivity contribution >= 4 is 17.5 Å². The number of aryl methyl sites for hydroxylation is 1. The number of likely N-dealkylation sites (tertiary alicyclic amines) is 1. The molecule has 1 saturated heterocycles. The summed E-state index contributed by atoms with van der Waals surface area (Å²) in [5, 5.41) is 6.07. The number of rotatable bonds is 9. The fourth-order valence-electron chi connectivity index (χ4n) is 3.72. The number of nitrogens with zero attached hydrogens (tertiary/aromatic N) is 1. The zero-order valence-electron chi connectivity index (χ0n) is 17.6. The van der Waals surface area contributed by atoms with Crippen LogP contribution in [0.25, 0.3) is 0 Å². The molecule has 0 radical (unpaired) electrons.